The van der Waals surface area contributed by atoms with E-state index in [1.807, 2.05) is 0 Å². The van der Waals surface area contributed by atoms with Crippen molar-refractivity contribution in [2.45, 2.75) is 18.4 Å². The van der Waals surface area contributed by atoms with Gasteiger partial charge in [-0.1, -0.05) is 6.07 Å². The Morgan fingerprint density at radius 2 is 2.36 bits per heavy atom. The first-order valence-corrected chi connectivity index (χ1v) is 4.76. The Balaban J connectivity index is 2.23. The molecule has 0 aromatic carbocycles. The minimum Gasteiger partial charge on any atom is -0.384 e. The summed E-state index contributed by atoms with van der Waals surface area (Å²) in [6.45, 7) is 1.44. The van der Waals surface area contributed by atoms with Crippen molar-refractivity contribution in [1.29, 1.82) is 0 Å². The maximum atomic E-state index is 12.6. The molecule has 0 amide bonds. The zero-order valence-electron chi connectivity index (χ0n) is 7.83. The van der Waals surface area contributed by atoms with Crippen LogP contribution in [0.25, 0.3) is 0 Å². The molecule has 0 saturated carbocycles. The van der Waals surface area contributed by atoms with Gasteiger partial charge in [-0.05, 0) is 25.5 Å². The molecule has 1 fully saturated rings. The zero-order valence-corrected chi connectivity index (χ0v) is 7.83. The molecule has 14 heavy (non-hydrogen) atoms. The van der Waals surface area contributed by atoms with Crippen molar-refractivity contribution in [3.8, 4) is 0 Å². The van der Waals surface area contributed by atoms with E-state index in [2.05, 4.69) is 10.3 Å². The van der Waals surface area contributed by atoms with E-state index in [1.165, 1.54) is 12.3 Å². The Morgan fingerprint density at radius 3 is 2.93 bits per heavy atom. The van der Waals surface area contributed by atoms with E-state index >= 15 is 0 Å². The van der Waals surface area contributed by atoms with Crippen molar-refractivity contribution in [3.05, 3.63) is 29.8 Å². The van der Waals surface area contributed by atoms with E-state index < -0.39 is 11.5 Å². The summed E-state index contributed by atoms with van der Waals surface area (Å²) in [7, 11) is 0. The second-order valence-corrected chi connectivity index (χ2v) is 3.68. The lowest BCUT2D eigenvalue weighted by Gasteiger charge is -2.32. The number of hydrogen-bond acceptors (Lipinski definition) is 3. The topological polar surface area (TPSA) is 45.2 Å². The lowest BCUT2D eigenvalue weighted by atomic mass is 9.88. The maximum absolute atomic E-state index is 12.6. The summed E-state index contributed by atoms with van der Waals surface area (Å²) in [5.41, 5.74) is -0.190. The van der Waals surface area contributed by atoms with Crippen LogP contribution in [0, 0.1) is 5.95 Å². The Kier molecular flexibility index (Phi) is 2.48. The first kappa shape index (κ1) is 9.55. The van der Waals surface area contributed by atoms with Gasteiger partial charge in [0.15, 0.2) is 0 Å². The molecule has 1 unspecified atom stereocenters. The van der Waals surface area contributed by atoms with Crippen molar-refractivity contribution >= 4 is 0 Å². The first-order valence-electron chi connectivity index (χ1n) is 4.76. The fourth-order valence-electron chi connectivity index (χ4n) is 1.79. The Morgan fingerprint density at radius 1 is 1.50 bits per heavy atom. The summed E-state index contributed by atoms with van der Waals surface area (Å²) in [5, 5.41) is 13.3. The van der Waals surface area contributed by atoms with E-state index in [1.54, 1.807) is 6.07 Å². The number of hydrogen-bond donors (Lipinski definition) is 2. The number of aliphatic hydroxyl groups is 1. The number of β-amino-alcohol motifs (C(OH)–C–C–N with tert-alkyl or cyclic N) is 1. The normalized spacial score (nSPS) is 27.6. The van der Waals surface area contributed by atoms with Gasteiger partial charge in [-0.25, -0.2) is 4.98 Å². The van der Waals surface area contributed by atoms with Gasteiger partial charge in [0.25, 0.3) is 0 Å². The Hall–Kier alpha value is -1.00. The van der Waals surface area contributed by atoms with Gasteiger partial charge in [0.2, 0.25) is 5.95 Å². The van der Waals surface area contributed by atoms with Crippen LogP contribution in [0.15, 0.2) is 18.3 Å². The molecule has 1 aromatic heterocycles. The van der Waals surface area contributed by atoms with Gasteiger partial charge in [0, 0.05) is 18.3 Å². The van der Waals surface area contributed by atoms with Crippen LogP contribution in [0.3, 0.4) is 0 Å². The van der Waals surface area contributed by atoms with Crippen LogP contribution in [0.2, 0.25) is 0 Å². The molecule has 1 saturated heterocycles. The molecule has 1 aromatic rings. The average molecular weight is 196 g/mol. The van der Waals surface area contributed by atoms with Gasteiger partial charge in [0.05, 0.1) is 0 Å². The third-order valence-electron chi connectivity index (χ3n) is 2.63. The smallest absolute Gasteiger partial charge is 0.212 e. The molecule has 2 rings (SSSR count). The second-order valence-electron chi connectivity index (χ2n) is 3.68. The fraction of sp³-hybridized carbons (Fsp3) is 0.500. The van der Waals surface area contributed by atoms with E-state index in [9.17, 15) is 9.50 Å². The largest absolute Gasteiger partial charge is 0.384 e. The van der Waals surface area contributed by atoms with Crippen molar-refractivity contribution in [2.24, 2.45) is 0 Å². The molecular formula is C10H13FN2O. The highest BCUT2D eigenvalue weighted by atomic mass is 19.1. The number of nitrogens with zero attached hydrogens (tertiary/aromatic N) is 1. The number of aromatic nitrogens is 1. The second kappa shape index (κ2) is 3.63. The average Bonchev–Trinajstić information content (AvgIpc) is 2.19. The van der Waals surface area contributed by atoms with Crippen molar-refractivity contribution < 1.29 is 9.50 Å². The van der Waals surface area contributed by atoms with Crippen molar-refractivity contribution in [1.82, 2.24) is 10.3 Å². The molecule has 1 atom stereocenters. The predicted octanol–water partition coefficient (Wildman–Crippen LogP) is 0.792. The molecular weight excluding hydrogens is 183 g/mol. The molecule has 0 spiro atoms. The van der Waals surface area contributed by atoms with Crippen LogP contribution in [0.5, 0.6) is 0 Å². The van der Waals surface area contributed by atoms with Gasteiger partial charge >= 0.3 is 0 Å². The highest BCUT2D eigenvalue weighted by molar-refractivity contribution is 5.19. The van der Waals surface area contributed by atoms with Crippen LogP contribution in [-0.2, 0) is 5.60 Å². The van der Waals surface area contributed by atoms with Crippen LogP contribution < -0.4 is 5.32 Å². The molecule has 2 heterocycles. The molecule has 1 aliphatic rings. The molecule has 4 heteroatoms. The Labute approximate surface area is 82.0 Å². The fourth-order valence-corrected chi connectivity index (χ4v) is 1.79. The van der Waals surface area contributed by atoms with Gasteiger partial charge < -0.3 is 10.4 Å². The number of halogens is 1. The molecule has 76 valence electrons. The summed E-state index contributed by atoms with van der Waals surface area (Å²) in [6.07, 6.45) is 3.03. The van der Waals surface area contributed by atoms with Gasteiger partial charge in [-0.15, -0.1) is 0 Å². The van der Waals surface area contributed by atoms with E-state index in [4.69, 9.17) is 0 Å². The van der Waals surface area contributed by atoms with Crippen molar-refractivity contribution in [2.75, 3.05) is 13.1 Å². The molecule has 0 aliphatic carbocycles. The quantitative estimate of drug-likeness (QED) is 0.653. The molecule has 0 radical (unpaired) electrons. The summed E-state index contributed by atoms with van der Waals surface area (Å²) in [6, 6.07) is 2.87. The number of piperidine rings is 1. The summed E-state index contributed by atoms with van der Waals surface area (Å²) in [4.78, 5) is 3.55. The van der Waals surface area contributed by atoms with E-state index in [0.717, 1.165) is 13.0 Å². The summed E-state index contributed by atoms with van der Waals surface area (Å²) in [5.74, 6) is -0.513. The van der Waals surface area contributed by atoms with Crippen molar-refractivity contribution in [3.63, 3.8) is 0 Å². The third kappa shape index (κ3) is 1.76. The summed E-state index contributed by atoms with van der Waals surface area (Å²) >= 11 is 0. The maximum Gasteiger partial charge on any atom is 0.212 e. The van der Waals surface area contributed by atoms with Gasteiger partial charge in [0.1, 0.15) is 5.60 Å². The first-order chi connectivity index (χ1) is 6.71. The monoisotopic (exact) mass is 196 g/mol. The van der Waals surface area contributed by atoms with Crippen LogP contribution >= 0.6 is 0 Å². The summed E-state index contributed by atoms with van der Waals surface area (Å²) < 4.78 is 12.6. The van der Waals surface area contributed by atoms with Gasteiger partial charge in [-0.3, -0.25) is 0 Å². The van der Waals surface area contributed by atoms with Crippen LogP contribution in [0.1, 0.15) is 18.4 Å². The lowest BCUT2D eigenvalue weighted by molar-refractivity contribution is 0.0119. The number of nitrogens with one attached hydrogen (secondary N) is 1. The van der Waals surface area contributed by atoms with E-state index in [0.29, 0.717) is 18.5 Å². The zero-order chi connectivity index (χ0) is 10.0. The number of rotatable bonds is 1. The standard InChI is InChI=1S/C10H13FN2O/c11-9-3-2-8(6-13-9)10(14)4-1-5-12-7-10/h2-3,6,12,14H,1,4-5,7H2. The Bertz CT molecular complexity index is 306. The molecule has 2 N–H and O–H groups in total. The minimum atomic E-state index is -0.876. The minimum absolute atomic E-state index is 0.513. The van der Waals surface area contributed by atoms with E-state index in [-0.39, 0.29) is 0 Å². The van der Waals surface area contributed by atoms with Gasteiger partial charge in [-0.2, -0.15) is 4.39 Å². The van der Waals surface area contributed by atoms with Crippen LogP contribution in [0.4, 0.5) is 4.39 Å². The third-order valence-corrected chi connectivity index (χ3v) is 2.63. The lowest BCUT2D eigenvalue weighted by Crippen LogP contribution is -2.43. The highest BCUT2D eigenvalue weighted by Gasteiger charge is 2.31. The number of pyridine rings is 1. The predicted molar refractivity (Wildman–Crippen MR) is 50.2 cm³/mol. The molecule has 1 aliphatic heterocycles. The molecule has 3 nitrogen and oxygen atoms in total. The molecule has 0 bridgehead atoms. The highest BCUT2D eigenvalue weighted by Crippen LogP contribution is 2.27. The van der Waals surface area contributed by atoms with Crippen LogP contribution in [-0.4, -0.2) is 23.2 Å². The SMILES string of the molecule is OC1(c2ccc(F)nc2)CCCNC1.